The summed E-state index contributed by atoms with van der Waals surface area (Å²) >= 11 is 14.0. The van der Waals surface area contributed by atoms with Crippen molar-refractivity contribution >= 4 is 46.8 Å². The maximum atomic E-state index is 13.3. The van der Waals surface area contributed by atoms with Gasteiger partial charge in [-0.2, -0.15) is 0 Å². The van der Waals surface area contributed by atoms with Gasteiger partial charge in [-0.05, 0) is 55.2 Å². The van der Waals surface area contributed by atoms with Crippen molar-refractivity contribution in [2.75, 3.05) is 12.9 Å². The third kappa shape index (κ3) is 7.56. The molecule has 8 heteroatoms. The SMILES string of the molecule is COc1cccc(CN(C(=O)CSCc2c(Cl)cccc2Cl)[C@@H](C)C(=O)NC2CCCCC2)c1. The predicted molar refractivity (Wildman–Crippen MR) is 141 cm³/mol. The zero-order valence-corrected chi connectivity index (χ0v) is 22.0. The van der Waals surface area contributed by atoms with E-state index in [0.29, 0.717) is 28.1 Å². The number of methoxy groups -OCH3 is 1. The molecule has 0 radical (unpaired) electrons. The number of carbonyl (C=O) groups is 2. The highest BCUT2D eigenvalue weighted by Gasteiger charge is 2.28. The van der Waals surface area contributed by atoms with E-state index in [9.17, 15) is 9.59 Å². The van der Waals surface area contributed by atoms with Crippen LogP contribution in [0.5, 0.6) is 5.75 Å². The van der Waals surface area contributed by atoms with Crippen LogP contribution in [0.15, 0.2) is 42.5 Å². The molecule has 1 aliphatic carbocycles. The molecule has 0 bridgehead atoms. The van der Waals surface area contributed by atoms with E-state index in [1.54, 1.807) is 37.1 Å². The molecule has 0 aromatic heterocycles. The first-order valence-corrected chi connectivity index (χ1v) is 13.5. The molecule has 184 valence electrons. The Morgan fingerprint density at radius 1 is 1.12 bits per heavy atom. The molecule has 0 heterocycles. The van der Waals surface area contributed by atoms with E-state index in [1.165, 1.54) is 18.2 Å². The number of thioether (sulfide) groups is 1. The van der Waals surface area contributed by atoms with E-state index in [-0.39, 0.29) is 23.6 Å². The Morgan fingerprint density at radius 3 is 2.47 bits per heavy atom. The summed E-state index contributed by atoms with van der Waals surface area (Å²) in [5.74, 6) is 1.23. The van der Waals surface area contributed by atoms with Gasteiger partial charge in [0.1, 0.15) is 11.8 Å². The van der Waals surface area contributed by atoms with Crippen LogP contribution < -0.4 is 10.1 Å². The van der Waals surface area contributed by atoms with Crippen LogP contribution in [0.2, 0.25) is 10.0 Å². The average molecular weight is 524 g/mol. The fourth-order valence-corrected chi connectivity index (χ4v) is 5.76. The molecule has 0 aliphatic heterocycles. The topological polar surface area (TPSA) is 58.6 Å². The van der Waals surface area contributed by atoms with Gasteiger partial charge >= 0.3 is 0 Å². The van der Waals surface area contributed by atoms with Crippen LogP contribution in [0, 0.1) is 0 Å². The van der Waals surface area contributed by atoms with Crippen molar-refractivity contribution in [2.45, 2.75) is 63.4 Å². The summed E-state index contributed by atoms with van der Waals surface area (Å²) < 4.78 is 5.33. The normalized spacial score (nSPS) is 14.9. The number of carbonyl (C=O) groups excluding carboxylic acids is 2. The maximum absolute atomic E-state index is 13.3. The predicted octanol–water partition coefficient (Wildman–Crippen LogP) is 6.10. The number of hydrogen-bond acceptors (Lipinski definition) is 4. The Bertz CT molecular complexity index is 962. The van der Waals surface area contributed by atoms with Crippen LogP contribution in [0.4, 0.5) is 0 Å². The van der Waals surface area contributed by atoms with Crippen molar-refractivity contribution in [2.24, 2.45) is 0 Å². The first-order valence-electron chi connectivity index (χ1n) is 11.6. The van der Waals surface area contributed by atoms with E-state index < -0.39 is 6.04 Å². The lowest BCUT2D eigenvalue weighted by atomic mass is 9.95. The molecule has 2 aromatic carbocycles. The second-order valence-corrected chi connectivity index (χ2v) is 10.4. The molecule has 1 aliphatic rings. The maximum Gasteiger partial charge on any atom is 0.242 e. The van der Waals surface area contributed by atoms with Crippen LogP contribution in [-0.4, -0.2) is 41.7 Å². The molecule has 1 saturated carbocycles. The van der Waals surface area contributed by atoms with E-state index in [1.807, 2.05) is 24.3 Å². The molecule has 3 rings (SSSR count). The van der Waals surface area contributed by atoms with Crippen LogP contribution in [-0.2, 0) is 21.9 Å². The molecule has 0 saturated heterocycles. The summed E-state index contributed by atoms with van der Waals surface area (Å²) in [6.45, 7) is 2.12. The quantitative estimate of drug-likeness (QED) is 0.409. The molecule has 0 unspecified atom stereocenters. The van der Waals surface area contributed by atoms with Crippen molar-refractivity contribution in [1.82, 2.24) is 10.2 Å². The van der Waals surface area contributed by atoms with E-state index in [4.69, 9.17) is 27.9 Å². The largest absolute Gasteiger partial charge is 0.497 e. The number of rotatable bonds is 10. The van der Waals surface area contributed by atoms with Gasteiger partial charge in [0.25, 0.3) is 0 Å². The van der Waals surface area contributed by atoms with Crippen molar-refractivity contribution in [1.29, 1.82) is 0 Å². The summed E-state index contributed by atoms with van der Waals surface area (Å²) in [5, 5.41) is 4.33. The fourth-order valence-electron chi connectivity index (χ4n) is 4.11. The smallest absolute Gasteiger partial charge is 0.242 e. The first kappa shape index (κ1) is 26.7. The van der Waals surface area contributed by atoms with Gasteiger partial charge in [-0.3, -0.25) is 9.59 Å². The van der Waals surface area contributed by atoms with Gasteiger partial charge in [0.15, 0.2) is 0 Å². The number of benzene rings is 2. The van der Waals surface area contributed by atoms with E-state index >= 15 is 0 Å². The third-order valence-corrected chi connectivity index (χ3v) is 7.79. The summed E-state index contributed by atoms with van der Waals surface area (Å²) in [5.41, 5.74) is 1.72. The van der Waals surface area contributed by atoms with Gasteiger partial charge in [0, 0.05) is 28.4 Å². The summed E-state index contributed by atoms with van der Waals surface area (Å²) in [6, 6.07) is 12.5. The van der Waals surface area contributed by atoms with Gasteiger partial charge in [0.2, 0.25) is 11.8 Å². The zero-order chi connectivity index (χ0) is 24.5. The van der Waals surface area contributed by atoms with E-state index in [0.717, 1.165) is 36.8 Å². The average Bonchev–Trinajstić information content (AvgIpc) is 2.84. The fraction of sp³-hybridized carbons (Fsp3) is 0.462. The molecule has 34 heavy (non-hydrogen) atoms. The molecule has 1 fully saturated rings. The Labute approximate surface area is 216 Å². The van der Waals surface area contributed by atoms with Crippen molar-refractivity contribution in [3.05, 3.63) is 63.6 Å². The molecular formula is C26H32Cl2N2O3S. The molecule has 2 amide bonds. The number of ether oxygens (including phenoxy) is 1. The lowest BCUT2D eigenvalue weighted by Gasteiger charge is -2.31. The number of nitrogens with one attached hydrogen (secondary N) is 1. The monoisotopic (exact) mass is 522 g/mol. The van der Waals surface area contributed by atoms with Crippen LogP contribution >= 0.6 is 35.0 Å². The lowest BCUT2D eigenvalue weighted by Crippen LogP contribution is -2.50. The van der Waals surface area contributed by atoms with E-state index in [2.05, 4.69) is 5.32 Å². The number of nitrogens with zero attached hydrogens (tertiary/aromatic N) is 1. The molecule has 5 nitrogen and oxygen atoms in total. The minimum absolute atomic E-state index is 0.109. The minimum Gasteiger partial charge on any atom is -0.497 e. The highest BCUT2D eigenvalue weighted by Crippen LogP contribution is 2.28. The minimum atomic E-state index is -0.592. The summed E-state index contributed by atoms with van der Waals surface area (Å²) in [4.78, 5) is 28.1. The lowest BCUT2D eigenvalue weighted by molar-refractivity contribution is -0.139. The highest BCUT2D eigenvalue weighted by atomic mass is 35.5. The molecular weight excluding hydrogens is 491 g/mol. The second kappa shape index (κ2) is 13.3. The number of hydrogen-bond donors (Lipinski definition) is 1. The molecule has 2 aromatic rings. The van der Waals surface area contributed by atoms with Crippen molar-refractivity contribution < 1.29 is 14.3 Å². The van der Waals surface area contributed by atoms with Crippen LogP contribution in [0.25, 0.3) is 0 Å². The molecule has 0 spiro atoms. The third-order valence-electron chi connectivity index (χ3n) is 6.14. The Kier molecular flexibility index (Phi) is 10.4. The van der Waals surface area contributed by atoms with Crippen LogP contribution in [0.1, 0.15) is 50.2 Å². The Morgan fingerprint density at radius 2 is 1.79 bits per heavy atom. The standard InChI is InChI=1S/C26H32Cl2N2O3S/c1-18(26(32)29-20-9-4-3-5-10-20)30(15-19-8-6-11-21(14-19)33-2)25(31)17-34-16-22-23(27)12-7-13-24(22)28/h6-8,11-14,18,20H,3-5,9-10,15-17H2,1-2H3,(H,29,32)/t18-/m0/s1. The summed E-state index contributed by atoms with van der Waals surface area (Å²) in [6.07, 6.45) is 5.47. The zero-order valence-electron chi connectivity index (χ0n) is 19.7. The highest BCUT2D eigenvalue weighted by molar-refractivity contribution is 7.99. The summed E-state index contributed by atoms with van der Waals surface area (Å²) in [7, 11) is 1.61. The number of halogens is 2. The van der Waals surface area contributed by atoms with Gasteiger partial charge in [0.05, 0.1) is 12.9 Å². The van der Waals surface area contributed by atoms with Gasteiger partial charge in [-0.15, -0.1) is 11.8 Å². The Balaban J connectivity index is 1.70. The van der Waals surface area contributed by atoms with Crippen LogP contribution in [0.3, 0.4) is 0 Å². The van der Waals surface area contributed by atoms with Gasteiger partial charge < -0.3 is 15.0 Å². The van der Waals surface area contributed by atoms with Crippen molar-refractivity contribution in [3.8, 4) is 5.75 Å². The second-order valence-electron chi connectivity index (χ2n) is 8.59. The number of amides is 2. The molecule has 1 N–H and O–H groups in total. The first-order chi connectivity index (χ1) is 16.4. The molecule has 1 atom stereocenters. The Hall–Kier alpha value is -1.89. The van der Waals surface area contributed by atoms with Gasteiger partial charge in [-0.25, -0.2) is 0 Å². The van der Waals surface area contributed by atoms with Gasteiger partial charge in [-0.1, -0.05) is 60.7 Å². The van der Waals surface area contributed by atoms with Crippen molar-refractivity contribution in [3.63, 3.8) is 0 Å².